The standard InChI is InChI=1S/C11H21NO3/c1-7(2)8(3)9(13)12-6-11(4,5)10(14)15/h7-8H,6H2,1-5H3,(H,12,13)(H,14,15). The lowest BCUT2D eigenvalue weighted by molar-refractivity contribution is -0.146. The third kappa shape index (κ3) is 4.32. The molecule has 0 radical (unpaired) electrons. The van der Waals surface area contributed by atoms with Crippen molar-refractivity contribution in [1.82, 2.24) is 5.32 Å². The van der Waals surface area contributed by atoms with Crippen LogP contribution in [0.4, 0.5) is 0 Å². The molecule has 0 aliphatic carbocycles. The molecule has 1 amide bonds. The van der Waals surface area contributed by atoms with E-state index in [0.29, 0.717) is 0 Å². The van der Waals surface area contributed by atoms with Gasteiger partial charge in [-0.1, -0.05) is 20.8 Å². The predicted molar refractivity (Wildman–Crippen MR) is 58.4 cm³/mol. The maximum absolute atomic E-state index is 11.5. The molecule has 0 aromatic carbocycles. The molecule has 0 fully saturated rings. The van der Waals surface area contributed by atoms with Crippen LogP contribution in [0, 0.1) is 17.3 Å². The van der Waals surface area contributed by atoms with Gasteiger partial charge in [0.2, 0.25) is 5.91 Å². The van der Waals surface area contributed by atoms with E-state index in [-0.39, 0.29) is 24.3 Å². The van der Waals surface area contributed by atoms with Crippen LogP contribution in [0.2, 0.25) is 0 Å². The molecule has 0 saturated carbocycles. The second kappa shape index (κ2) is 5.14. The number of aliphatic carboxylic acids is 1. The average molecular weight is 215 g/mol. The van der Waals surface area contributed by atoms with Crippen LogP contribution in [0.3, 0.4) is 0 Å². The molecule has 1 atom stereocenters. The van der Waals surface area contributed by atoms with Crippen molar-refractivity contribution in [2.45, 2.75) is 34.6 Å². The molecule has 4 heteroatoms. The second-order valence-corrected chi connectivity index (χ2v) is 4.94. The second-order valence-electron chi connectivity index (χ2n) is 4.94. The topological polar surface area (TPSA) is 66.4 Å². The molecule has 0 aliphatic rings. The molecule has 4 nitrogen and oxygen atoms in total. The van der Waals surface area contributed by atoms with E-state index in [1.165, 1.54) is 0 Å². The Kier molecular flexibility index (Phi) is 4.78. The predicted octanol–water partition coefficient (Wildman–Crippen LogP) is 1.51. The smallest absolute Gasteiger partial charge is 0.310 e. The van der Waals surface area contributed by atoms with Gasteiger partial charge in [0.05, 0.1) is 5.41 Å². The van der Waals surface area contributed by atoms with Crippen molar-refractivity contribution in [2.24, 2.45) is 17.3 Å². The number of amides is 1. The minimum absolute atomic E-state index is 0.0840. The van der Waals surface area contributed by atoms with E-state index in [4.69, 9.17) is 5.11 Å². The molecule has 0 aromatic rings. The Hall–Kier alpha value is -1.06. The molecule has 15 heavy (non-hydrogen) atoms. The number of hydrogen-bond acceptors (Lipinski definition) is 2. The molecular weight excluding hydrogens is 194 g/mol. The van der Waals surface area contributed by atoms with Gasteiger partial charge in [0.1, 0.15) is 0 Å². The summed E-state index contributed by atoms with van der Waals surface area (Å²) in [6.45, 7) is 9.12. The van der Waals surface area contributed by atoms with Crippen LogP contribution < -0.4 is 5.32 Å². The molecule has 0 bridgehead atoms. The molecule has 88 valence electrons. The largest absolute Gasteiger partial charge is 0.481 e. The number of carboxylic acid groups (broad SMARTS) is 1. The summed E-state index contributed by atoms with van der Waals surface area (Å²) in [5.41, 5.74) is -0.910. The molecule has 0 heterocycles. The fraction of sp³-hybridized carbons (Fsp3) is 0.818. The van der Waals surface area contributed by atoms with E-state index in [1.807, 2.05) is 20.8 Å². The Balaban J connectivity index is 4.18. The van der Waals surface area contributed by atoms with E-state index in [1.54, 1.807) is 13.8 Å². The summed E-state index contributed by atoms with van der Waals surface area (Å²) in [7, 11) is 0. The summed E-state index contributed by atoms with van der Waals surface area (Å²) < 4.78 is 0. The normalized spacial score (nSPS) is 13.7. The van der Waals surface area contributed by atoms with Gasteiger partial charge in [0.25, 0.3) is 0 Å². The molecule has 1 unspecified atom stereocenters. The molecule has 0 saturated heterocycles. The molecule has 0 spiro atoms. The number of carboxylic acids is 1. The summed E-state index contributed by atoms with van der Waals surface area (Å²) in [5, 5.41) is 11.5. The van der Waals surface area contributed by atoms with Gasteiger partial charge in [-0.05, 0) is 19.8 Å². The maximum atomic E-state index is 11.5. The van der Waals surface area contributed by atoms with Crippen LogP contribution in [-0.4, -0.2) is 23.5 Å². The lowest BCUT2D eigenvalue weighted by Crippen LogP contribution is -2.41. The van der Waals surface area contributed by atoms with E-state index in [2.05, 4.69) is 5.32 Å². The molecule has 0 rings (SSSR count). The van der Waals surface area contributed by atoms with Crippen molar-refractivity contribution in [3.8, 4) is 0 Å². The van der Waals surface area contributed by atoms with Crippen LogP contribution in [0.1, 0.15) is 34.6 Å². The van der Waals surface area contributed by atoms with Gasteiger partial charge in [-0.2, -0.15) is 0 Å². The minimum Gasteiger partial charge on any atom is -0.481 e. The number of rotatable bonds is 5. The van der Waals surface area contributed by atoms with Gasteiger partial charge in [0, 0.05) is 12.5 Å². The minimum atomic E-state index is -0.910. The van der Waals surface area contributed by atoms with Crippen molar-refractivity contribution < 1.29 is 14.7 Å². The molecule has 2 N–H and O–H groups in total. The van der Waals surface area contributed by atoms with Crippen LogP contribution >= 0.6 is 0 Å². The van der Waals surface area contributed by atoms with Crippen LogP contribution in [0.5, 0.6) is 0 Å². The van der Waals surface area contributed by atoms with Crippen molar-refractivity contribution in [3.63, 3.8) is 0 Å². The Labute approximate surface area is 91.1 Å². The quantitative estimate of drug-likeness (QED) is 0.730. The number of nitrogens with one attached hydrogen (secondary N) is 1. The summed E-state index contributed by atoms with van der Waals surface area (Å²) in [6, 6.07) is 0. The average Bonchev–Trinajstić information content (AvgIpc) is 2.12. The third-order valence-corrected chi connectivity index (χ3v) is 2.70. The van der Waals surface area contributed by atoms with E-state index >= 15 is 0 Å². The number of carbonyl (C=O) groups excluding carboxylic acids is 1. The fourth-order valence-electron chi connectivity index (χ4n) is 0.847. The lowest BCUT2D eigenvalue weighted by Gasteiger charge is -2.22. The first-order chi connectivity index (χ1) is 6.68. The highest BCUT2D eigenvalue weighted by Crippen LogP contribution is 2.14. The van der Waals surface area contributed by atoms with Crippen LogP contribution in [0.15, 0.2) is 0 Å². The van der Waals surface area contributed by atoms with Gasteiger partial charge in [-0.3, -0.25) is 9.59 Å². The summed E-state index contributed by atoms with van der Waals surface area (Å²) in [4.78, 5) is 22.3. The molecular formula is C11H21NO3. The SMILES string of the molecule is CC(C)C(C)C(=O)NCC(C)(C)C(=O)O. The van der Waals surface area contributed by atoms with Crippen LogP contribution in [0.25, 0.3) is 0 Å². The molecule has 0 aliphatic heterocycles. The van der Waals surface area contributed by atoms with Gasteiger partial charge >= 0.3 is 5.97 Å². The summed E-state index contributed by atoms with van der Waals surface area (Å²) >= 11 is 0. The maximum Gasteiger partial charge on any atom is 0.310 e. The van der Waals surface area contributed by atoms with Gasteiger partial charge in [-0.25, -0.2) is 0 Å². The fourth-order valence-corrected chi connectivity index (χ4v) is 0.847. The first-order valence-corrected chi connectivity index (χ1v) is 5.19. The highest BCUT2D eigenvalue weighted by molar-refractivity contribution is 5.80. The Morgan fingerprint density at radius 2 is 1.73 bits per heavy atom. The van der Waals surface area contributed by atoms with Crippen molar-refractivity contribution in [1.29, 1.82) is 0 Å². The first kappa shape index (κ1) is 13.9. The first-order valence-electron chi connectivity index (χ1n) is 5.19. The number of hydrogen-bond donors (Lipinski definition) is 2. The Bertz CT molecular complexity index is 246. The van der Waals surface area contributed by atoms with Gasteiger partial charge < -0.3 is 10.4 Å². The zero-order valence-corrected chi connectivity index (χ0v) is 10.1. The van der Waals surface area contributed by atoms with Gasteiger partial charge in [-0.15, -0.1) is 0 Å². The van der Waals surface area contributed by atoms with Crippen molar-refractivity contribution in [2.75, 3.05) is 6.54 Å². The summed E-state index contributed by atoms with van der Waals surface area (Å²) in [5.74, 6) is -0.813. The Morgan fingerprint density at radius 3 is 2.07 bits per heavy atom. The van der Waals surface area contributed by atoms with Crippen LogP contribution in [-0.2, 0) is 9.59 Å². The number of carbonyl (C=O) groups is 2. The zero-order valence-electron chi connectivity index (χ0n) is 10.1. The van der Waals surface area contributed by atoms with E-state index in [0.717, 1.165) is 0 Å². The Morgan fingerprint density at radius 1 is 1.27 bits per heavy atom. The third-order valence-electron chi connectivity index (χ3n) is 2.70. The monoisotopic (exact) mass is 215 g/mol. The van der Waals surface area contributed by atoms with E-state index in [9.17, 15) is 9.59 Å². The zero-order chi connectivity index (χ0) is 12.2. The summed E-state index contributed by atoms with van der Waals surface area (Å²) in [6.07, 6.45) is 0. The highest BCUT2D eigenvalue weighted by Gasteiger charge is 2.28. The van der Waals surface area contributed by atoms with Crippen molar-refractivity contribution in [3.05, 3.63) is 0 Å². The van der Waals surface area contributed by atoms with E-state index < -0.39 is 11.4 Å². The van der Waals surface area contributed by atoms with Gasteiger partial charge in [0.15, 0.2) is 0 Å². The van der Waals surface area contributed by atoms with Crippen molar-refractivity contribution >= 4 is 11.9 Å². The molecule has 0 aromatic heterocycles. The highest BCUT2D eigenvalue weighted by atomic mass is 16.4. The lowest BCUT2D eigenvalue weighted by atomic mass is 9.92.